The molecule has 3 N–H and O–H groups in total. The molecule has 1 fully saturated rings. The number of nitrogens with one attached hydrogen (secondary N) is 1. The van der Waals surface area contributed by atoms with Crippen molar-refractivity contribution in [3.05, 3.63) is 18.2 Å². The van der Waals surface area contributed by atoms with Crippen molar-refractivity contribution in [2.75, 3.05) is 65.9 Å². The van der Waals surface area contributed by atoms with E-state index in [0.29, 0.717) is 11.7 Å². The number of methoxy groups -OCH3 is 2. The van der Waals surface area contributed by atoms with Gasteiger partial charge >= 0.3 is 0 Å². The van der Waals surface area contributed by atoms with Crippen LogP contribution in [-0.2, 0) is 0 Å². The number of unbranched alkanes of at least 4 members (excludes halogenated alkanes) is 1. The van der Waals surface area contributed by atoms with Crippen LogP contribution < -0.4 is 20.5 Å². The molecule has 0 unspecified atom stereocenters. The summed E-state index contributed by atoms with van der Waals surface area (Å²) >= 11 is 0. The van der Waals surface area contributed by atoms with Gasteiger partial charge in [-0.1, -0.05) is 0 Å². The van der Waals surface area contributed by atoms with E-state index in [1.54, 1.807) is 14.2 Å². The molecule has 2 rings (SSSR count). The summed E-state index contributed by atoms with van der Waals surface area (Å²) in [5, 5.41) is 3.09. The van der Waals surface area contributed by atoms with Crippen LogP contribution in [0, 0.1) is 0 Å². The van der Waals surface area contributed by atoms with E-state index in [0.717, 1.165) is 50.5 Å². The minimum Gasteiger partial charge on any atom is -0.497 e. The summed E-state index contributed by atoms with van der Waals surface area (Å²) in [4.78, 5) is 9.30. The van der Waals surface area contributed by atoms with E-state index in [-0.39, 0.29) is 0 Å². The van der Waals surface area contributed by atoms with Gasteiger partial charge in [0, 0.05) is 38.8 Å². The fourth-order valence-corrected chi connectivity index (χ4v) is 2.81. The molecule has 0 saturated carbocycles. The molecule has 0 amide bonds. The topological polar surface area (TPSA) is 75.3 Å². The number of hydrogen-bond acceptors (Lipinski definition) is 5. The summed E-state index contributed by atoms with van der Waals surface area (Å²) in [7, 11) is 5.43. The highest BCUT2D eigenvalue weighted by molar-refractivity contribution is 5.93. The molecule has 1 aromatic rings. The number of aliphatic imine (C=N–C) groups is 1. The highest BCUT2D eigenvalue weighted by Gasteiger charge is 2.12. The van der Waals surface area contributed by atoms with Gasteiger partial charge in [0.1, 0.15) is 11.5 Å². The Morgan fingerprint density at radius 2 is 1.92 bits per heavy atom. The number of likely N-dealkylation sites (N-methyl/N-ethyl adjacent to an activating group) is 1. The van der Waals surface area contributed by atoms with Crippen molar-refractivity contribution < 1.29 is 9.47 Å². The first-order chi connectivity index (χ1) is 12.1. The molecule has 1 saturated heterocycles. The Morgan fingerprint density at radius 3 is 2.60 bits per heavy atom. The van der Waals surface area contributed by atoms with Crippen LogP contribution >= 0.6 is 0 Å². The van der Waals surface area contributed by atoms with Crippen molar-refractivity contribution >= 4 is 11.6 Å². The second-order valence-electron chi connectivity index (χ2n) is 6.31. The van der Waals surface area contributed by atoms with Crippen molar-refractivity contribution in [3.8, 4) is 11.5 Å². The van der Waals surface area contributed by atoms with Crippen LogP contribution in [0.1, 0.15) is 12.8 Å². The summed E-state index contributed by atoms with van der Waals surface area (Å²) < 4.78 is 10.6. The maximum Gasteiger partial charge on any atom is 0.193 e. The third kappa shape index (κ3) is 6.43. The van der Waals surface area contributed by atoms with Gasteiger partial charge in [-0.2, -0.15) is 0 Å². The largest absolute Gasteiger partial charge is 0.497 e. The smallest absolute Gasteiger partial charge is 0.193 e. The first kappa shape index (κ1) is 19.3. The highest BCUT2D eigenvalue weighted by atomic mass is 16.5. The SMILES string of the molecule is COc1ccc(OC)c(NC(N)=NCCCCN2CCN(C)CC2)c1. The number of rotatable bonds is 8. The van der Waals surface area contributed by atoms with Crippen LogP contribution in [0.4, 0.5) is 5.69 Å². The molecule has 7 heteroatoms. The van der Waals surface area contributed by atoms with Gasteiger partial charge in [0.15, 0.2) is 5.96 Å². The van der Waals surface area contributed by atoms with Crippen molar-refractivity contribution in [1.82, 2.24) is 9.80 Å². The number of nitrogens with two attached hydrogens (primary N) is 1. The normalized spacial score (nSPS) is 16.7. The third-order valence-corrected chi connectivity index (χ3v) is 4.43. The molecule has 25 heavy (non-hydrogen) atoms. The van der Waals surface area contributed by atoms with Crippen LogP contribution in [0.15, 0.2) is 23.2 Å². The van der Waals surface area contributed by atoms with E-state index in [1.165, 1.54) is 13.1 Å². The number of guanidine groups is 1. The predicted octanol–water partition coefficient (Wildman–Crippen LogP) is 1.46. The second kappa shape index (κ2) is 10.1. The zero-order chi connectivity index (χ0) is 18.1. The van der Waals surface area contributed by atoms with E-state index in [9.17, 15) is 0 Å². The molecule has 0 aromatic heterocycles. The molecule has 1 aromatic carbocycles. The molecule has 0 aliphatic carbocycles. The lowest BCUT2D eigenvalue weighted by atomic mass is 10.2. The lowest BCUT2D eigenvalue weighted by Crippen LogP contribution is -2.44. The summed E-state index contributed by atoms with van der Waals surface area (Å²) in [5.41, 5.74) is 6.74. The average Bonchev–Trinajstić information content (AvgIpc) is 2.63. The summed E-state index contributed by atoms with van der Waals surface area (Å²) in [6.07, 6.45) is 2.17. The van der Waals surface area contributed by atoms with E-state index in [4.69, 9.17) is 15.2 Å². The maximum absolute atomic E-state index is 5.99. The van der Waals surface area contributed by atoms with Crippen molar-refractivity contribution in [1.29, 1.82) is 0 Å². The summed E-state index contributed by atoms with van der Waals surface area (Å²) in [5.74, 6) is 1.84. The number of anilines is 1. The monoisotopic (exact) mass is 349 g/mol. The van der Waals surface area contributed by atoms with E-state index < -0.39 is 0 Å². The van der Waals surface area contributed by atoms with Gasteiger partial charge in [-0.05, 0) is 38.6 Å². The zero-order valence-corrected chi connectivity index (χ0v) is 15.6. The Bertz CT molecular complexity index is 556. The molecule has 1 aliphatic rings. The summed E-state index contributed by atoms with van der Waals surface area (Å²) in [6, 6.07) is 5.52. The molecule has 140 valence electrons. The maximum atomic E-state index is 5.99. The van der Waals surface area contributed by atoms with Gasteiger partial charge in [-0.15, -0.1) is 0 Å². The Hall–Kier alpha value is -1.99. The molecule has 1 heterocycles. The molecule has 0 spiro atoms. The molecular weight excluding hydrogens is 318 g/mol. The van der Waals surface area contributed by atoms with Gasteiger partial charge in [0.2, 0.25) is 0 Å². The molecular formula is C18H31N5O2. The first-order valence-electron chi connectivity index (χ1n) is 8.82. The first-order valence-corrected chi connectivity index (χ1v) is 8.82. The molecule has 1 aliphatic heterocycles. The molecule has 0 bridgehead atoms. The Morgan fingerprint density at radius 1 is 1.16 bits per heavy atom. The van der Waals surface area contributed by atoms with E-state index in [2.05, 4.69) is 27.2 Å². The average molecular weight is 349 g/mol. The minimum atomic E-state index is 0.395. The number of benzene rings is 1. The number of piperazine rings is 1. The third-order valence-electron chi connectivity index (χ3n) is 4.43. The molecule has 7 nitrogen and oxygen atoms in total. The minimum absolute atomic E-state index is 0.395. The Kier molecular flexibility index (Phi) is 7.81. The van der Waals surface area contributed by atoms with Crippen LogP contribution in [0.2, 0.25) is 0 Å². The van der Waals surface area contributed by atoms with E-state index >= 15 is 0 Å². The fraction of sp³-hybridized carbons (Fsp3) is 0.611. The zero-order valence-electron chi connectivity index (χ0n) is 15.6. The van der Waals surface area contributed by atoms with Gasteiger partial charge in [0.25, 0.3) is 0 Å². The van der Waals surface area contributed by atoms with Crippen molar-refractivity contribution in [3.63, 3.8) is 0 Å². The quantitative estimate of drug-likeness (QED) is 0.420. The second-order valence-corrected chi connectivity index (χ2v) is 6.31. The van der Waals surface area contributed by atoms with Crippen molar-refractivity contribution in [2.24, 2.45) is 10.7 Å². The van der Waals surface area contributed by atoms with E-state index in [1.807, 2.05) is 18.2 Å². The summed E-state index contributed by atoms with van der Waals surface area (Å²) in [6.45, 7) is 6.52. The number of ether oxygens (including phenoxy) is 2. The Balaban J connectivity index is 1.72. The van der Waals surface area contributed by atoms with Crippen LogP contribution in [0.5, 0.6) is 11.5 Å². The van der Waals surface area contributed by atoms with Gasteiger partial charge < -0.3 is 30.3 Å². The lowest BCUT2D eigenvalue weighted by molar-refractivity contribution is 0.152. The fourth-order valence-electron chi connectivity index (χ4n) is 2.81. The number of nitrogens with zero attached hydrogens (tertiary/aromatic N) is 3. The number of hydrogen-bond donors (Lipinski definition) is 2. The Labute approximate surface area is 150 Å². The van der Waals surface area contributed by atoms with Crippen LogP contribution in [-0.4, -0.2) is 76.3 Å². The van der Waals surface area contributed by atoms with Crippen LogP contribution in [0.25, 0.3) is 0 Å². The van der Waals surface area contributed by atoms with Crippen molar-refractivity contribution in [2.45, 2.75) is 12.8 Å². The molecule has 0 atom stereocenters. The standard InChI is InChI=1S/C18H31N5O2/c1-22-10-12-23(13-11-22)9-5-4-8-20-18(19)21-16-14-15(24-2)6-7-17(16)25-3/h6-7,14H,4-5,8-13H2,1-3H3,(H3,19,20,21). The van der Waals surface area contributed by atoms with Gasteiger partial charge in [-0.3, -0.25) is 4.99 Å². The lowest BCUT2D eigenvalue weighted by Gasteiger charge is -2.32. The van der Waals surface area contributed by atoms with Gasteiger partial charge in [-0.25, -0.2) is 0 Å². The van der Waals surface area contributed by atoms with Crippen LogP contribution in [0.3, 0.4) is 0 Å². The predicted molar refractivity (Wildman–Crippen MR) is 103 cm³/mol. The highest BCUT2D eigenvalue weighted by Crippen LogP contribution is 2.28. The molecule has 0 radical (unpaired) electrons. The van der Waals surface area contributed by atoms with Gasteiger partial charge in [0.05, 0.1) is 19.9 Å².